The normalized spacial score (nSPS) is 18.7. The second kappa shape index (κ2) is 6.95. The summed E-state index contributed by atoms with van der Waals surface area (Å²) in [6.45, 7) is 0.929. The molecule has 0 bridgehead atoms. The van der Waals surface area contributed by atoms with E-state index in [9.17, 15) is 8.42 Å². The van der Waals surface area contributed by atoms with Gasteiger partial charge in [0.25, 0.3) is 10.0 Å². The van der Waals surface area contributed by atoms with Crippen LogP contribution >= 0.6 is 0 Å². The van der Waals surface area contributed by atoms with Gasteiger partial charge in [-0.25, -0.2) is 13.4 Å². The minimum Gasteiger partial charge on any atom is -0.497 e. The van der Waals surface area contributed by atoms with Gasteiger partial charge in [0.05, 0.1) is 26.1 Å². The van der Waals surface area contributed by atoms with Crippen molar-refractivity contribution in [2.45, 2.75) is 11.1 Å². The number of aromatic nitrogens is 2. The van der Waals surface area contributed by atoms with Crippen LogP contribution in [-0.4, -0.2) is 49.1 Å². The summed E-state index contributed by atoms with van der Waals surface area (Å²) < 4.78 is 39.9. The number of methoxy groups -OCH3 is 1. The fraction of sp³-hybridized carbons (Fsp3) is 0.316. The predicted molar refractivity (Wildman–Crippen MR) is 101 cm³/mol. The topological polar surface area (TPSA) is 73.7 Å². The van der Waals surface area contributed by atoms with Gasteiger partial charge in [-0.2, -0.15) is 4.31 Å². The van der Waals surface area contributed by atoms with Gasteiger partial charge in [-0.05, 0) is 34.5 Å². The van der Waals surface area contributed by atoms with E-state index >= 15 is 0 Å². The number of aryl methyl sites for hydroxylation is 1. The van der Waals surface area contributed by atoms with Crippen molar-refractivity contribution in [1.29, 1.82) is 0 Å². The van der Waals surface area contributed by atoms with Crippen LogP contribution in [0.4, 0.5) is 0 Å². The standard InChI is InChI=1S/C19H21N3O4S/c1-21-12-19(20-13-21)27(23,24)22-7-8-26-18(11-22)16-4-3-15-10-17(25-2)6-5-14(15)9-16/h3-6,9-10,12-13,18H,7-8,11H2,1-2H3/t18-/m0/s1. The molecule has 7 nitrogen and oxygen atoms in total. The van der Waals surface area contributed by atoms with Crippen LogP contribution in [0.3, 0.4) is 0 Å². The van der Waals surface area contributed by atoms with Crippen molar-refractivity contribution in [1.82, 2.24) is 13.9 Å². The lowest BCUT2D eigenvalue weighted by Crippen LogP contribution is -2.42. The van der Waals surface area contributed by atoms with Crippen molar-refractivity contribution in [2.24, 2.45) is 7.05 Å². The third-order valence-electron chi connectivity index (χ3n) is 4.76. The Morgan fingerprint density at radius 3 is 2.70 bits per heavy atom. The van der Waals surface area contributed by atoms with Crippen molar-refractivity contribution < 1.29 is 17.9 Å². The first-order valence-corrected chi connectivity index (χ1v) is 10.1. The predicted octanol–water partition coefficient (Wildman–Crippen LogP) is 2.34. The highest BCUT2D eigenvalue weighted by Gasteiger charge is 2.32. The van der Waals surface area contributed by atoms with Crippen LogP contribution in [0.5, 0.6) is 5.75 Å². The number of benzene rings is 2. The molecule has 1 aliphatic rings. The van der Waals surface area contributed by atoms with E-state index in [-0.39, 0.29) is 17.7 Å². The molecular formula is C19H21N3O4S. The van der Waals surface area contributed by atoms with Gasteiger partial charge in [-0.15, -0.1) is 0 Å². The van der Waals surface area contributed by atoms with Gasteiger partial charge >= 0.3 is 0 Å². The maximum atomic E-state index is 12.8. The van der Waals surface area contributed by atoms with Crippen molar-refractivity contribution in [2.75, 3.05) is 26.8 Å². The smallest absolute Gasteiger partial charge is 0.262 e. The average Bonchev–Trinajstić information content (AvgIpc) is 3.14. The summed E-state index contributed by atoms with van der Waals surface area (Å²) in [5, 5.41) is 2.18. The van der Waals surface area contributed by atoms with Gasteiger partial charge in [0.1, 0.15) is 5.75 Å². The molecule has 1 saturated heterocycles. The summed E-state index contributed by atoms with van der Waals surface area (Å²) >= 11 is 0. The second-order valence-corrected chi connectivity index (χ2v) is 8.46. The van der Waals surface area contributed by atoms with E-state index in [0.29, 0.717) is 13.2 Å². The molecule has 4 rings (SSSR count). The lowest BCUT2D eigenvalue weighted by Gasteiger charge is -2.32. The largest absolute Gasteiger partial charge is 0.497 e. The van der Waals surface area contributed by atoms with Gasteiger partial charge in [0, 0.05) is 26.3 Å². The Balaban J connectivity index is 1.60. The number of rotatable bonds is 4. The molecule has 2 aromatic carbocycles. The Bertz CT molecular complexity index is 1080. The van der Waals surface area contributed by atoms with E-state index in [2.05, 4.69) is 4.98 Å². The fourth-order valence-electron chi connectivity index (χ4n) is 3.27. The molecule has 2 heterocycles. The first-order valence-electron chi connectivity index (χ1n) is 8.65. The zero-order chi connectivity index (χ0) is 19.0. The third kappa shape index (κ3) is 3.43. The van der Waals surface area contributed by atoms with Crippen molar-refractivity contribution in [3.8, 4) is 5.75 Å². The number of morpholine rings is 1. The first kappa shape index (κ1) is 18.0. The Kier molecular flexibility index (Phi) is 4.63. The summed E-state index contributed by atoms with van der Waals surface area (Å²) in [4.78, 5) is 4.00. The number of fused-ring (bicyclic) bond motifs is 1. The lowest BCUT2D eigenvalue weighted by molar-refractivity contribution is -0.00254. The molecule has 1 atom stereocenters. The maximum absolute atomic E-state index is 12.8. The number of hydrogen-bond donors (Lipinski definition) is 0. The number of hydrogen-bond acceptors (Lipinski definition) is 5. The molecule has 0 N–H and O–H groups in total. The molecule has 1 fully saturated rings. The van der Waals surface area contributed by atoms with Gasteiger partial charge in [0.2, 0.25) is 0 Å². The van der Waals surface area contributed by atoms with Crippen molar-refractivity contribution in [3.63, 3.8) is 0 Å². The first-order chi connectivity index (χ1) is 13.0. The molecule has 0 aliphatic carbocycles. The Morgan fingerprint density at radius 2 is 1.96 bits per heavy atom. The maximum Gasteiger partial charge on any atom is 0.262 e. The third-order valence-corrected chi connectivity index (χ3v) is 6.51. The van der Waals surface area contributed by atoms with Gasteiger partial charge in [0.15, 0.2) is 5.03 Å². The monoisotopic (exact) mass is 387 g/mol. The molecule has 0 spiro atoms. The number of sulfonamides is 1. The fourth-order valence-corrected chi connectivity index (χ4v) is 4.66. The van der Waals surface area contributed by atoms with Crippen LogP contribution in [0.25, 0.3) is 10.8 Å². The van der Waals surface area contributed by atoms with Gasteiger partial charge < -0.3 is 14.0 Å². The minimum atomic E-state index is -3.63. The van der Waals surface area contributed by atoms with E-state index in [4.69, 9.17) is 9.47 Å². The summed E-state index contributed by atoms with van der Waals surface area (Å²) in [6.07, 6.45) is 2.69. The lowest BCUT2D eigenvalue weighted by atomic mass is 10.0. The Hall–Kier alpha value is -2.42. The summed E-state index contributed by atoms with van der Waals surface area (Å²) in [5.74, 6) is 0.803. The highest BCUT2D eigenvalue weighted by molar-refractivity contribution is 7.89. The van der Waals surface area contributed by atoms with Crippen LogP contribution < -0.4 is 4.74 Å². The van der Waals surface area contributed by atoms with Crippen molar-refractivity contribution >= 4 is 20.8 Å². The zero-order valence-corrected chi connectivity index (χ0v) is 16.0. The number of nitrogens with zero attached hydrogens (tertiary/aromatic N) is 3. The van der Waals surface area contributed by atoms with Crippen LogP contribution in [0.2, 0.25) is 0 Å². The SMILES string of the molecule is COc1ccc2cc([C@@H]3CN(S(=O)(=O)c4cn(C)cn4)CCO3)ccc2c1. The van der Waals surface area contributed by atoms with E-state index in [1.165, 1.54) is 16.8 Å². The van der Waals surface area contributed by atoms with E-state index in [1.807, 2.05) is 36.4 Å². The summed E-state index contributed by atoms with van der Waals surface area (Å²) in [7, 11) is -0.240. The zero-order valence-electron chi connectivity index (χ0n) is 15.2. The number of imidazole rings is 1. The minimum absolute atomic E-state index is 0.0660. The molecule has 3 aromatic rings. The van der Waals surface area contributed by atoms with E-state index in [0.717, 1.165) is 22.1 Å². The molecule has 0 unspecified atom stereocenters. The van der Waals surface area contributed by atoms with Crippen LogP contribution in [0, 0.1) is 0 Å². The van der Waals surface area contributed by atoms with E-state index in [1.54, 1.807) is 18.7 Å². The molecule has 0 radical (unpaired) electrons. The average molecular weight is 387 g/mol. The van der Waals surface area contributed by atoms with Crippen LogP contribution in [-0.2, 0) is 21.8 Å². The van der Waals surface area contributed by atoms with E-state index < -0.39 is 10.0 Å². The molecule has 0 amide bonds. The molecule has 0 saturated carbocycles. The van der Waals surface area contributed by atoms with Crippen LogP contribution in [0.15, 0.2) is 53.9 Å². The second-order valence-electron chi connectivity index (χ2n) is 6.57. The highest BCUT2D eigenvalue weighted by atomic mass is 32.2. The van der Waals surface area contributed by atoms with Crippen LogP contribution in [0.1, 0.15) is 11.7 Å². The van der Waals surface area contributed by atoms with Crippen molar-refractivity contribution in [3.05, 3.63) is 54.5 Å². The van der Waals surface area contributed by atoms with Gasteiger partial charge in [-0.1, -0.05) is 18.2 Å². The molecule has 27 heavy (non-hydrogen) atoms. The Labute approximate surface area is 158 Å². The molecule has 1 aliphatic heterocycles. The molecular weight excluding hydrogens is 366 g/mol. The molecule has 1 aromatic heterocycles. The highest BCUT2D eigenvalue weighted by Crippen LogP contribution is 2.29. The Morgan fingerprint density at radius 1 is 1.19 bits per heavy atom. The quantitative estimate of drug-likeness (QED) is 0.687. The van der Waals surface area contributed by atoms with Gasteiger partial charge in [-0.3, -0.25) is 0 Å². The molecule has 8 heteroatoms. The number of ether oxygens (including phenoxy) is 2. The summed E-state index contributed by atoms with van der Waals surface area (Å²) in [5.41, 5.74) is 0.952. The summed E-state index contributed by atoms with van der Waals surface area (Å²) in [6, 6.07) is 11.9. The molecule has 142 valence electrons.